The molecule has 0 saturated heterocycles. The molecule has 0 spiro atoms. The number of aliphatic hydroxyl groups is 1. The number of rotatable bonds is 6. The van der Waals surface area contributed by atoms with E-state index in [9.17, 15) is 5.11 Å². The Morgan fingerprint density at radius 1 is 1.00 bits per heavy atom. The van der Waals surface area contributed by atoms with E-state index < -0.39 is 6.10 Å². The largest absolute Gasteiger partial charge is 0.489 e. The summed E-state index contributed by atoms with van der Waals surface area (Å²) in [7, 11) is 0. The average molecular weight is 322 g/mol. The molecule has 24 heavy (non-hydrogen) atoms. The van der Waals surface area contributed by atoms with E-state index >= 15 is 0 Å². The zero-order chi connectivity index (χ0) is 16.9. The van der Waals surface area contributed by atoms with E-state index in [2.05, 4.69) is 5.10 Å². The number of aromatic nitrogens is 2. The van der Waals surface area contributed by atoms with Crippen molar-refractivity contribution in [2.24, 2.45) is 0 Å². The van der Waals surface area contributed by atoms with Gasteiger partial charge in [-0.15, -0.1) is 0 Å². The van der Waals surface area contributed by atoms with E-state index in [-0.39, 0.29) is 6.04 Å². The van der Waals surface area contributed by atoms with E-state index in [0.717, 1.165) is 22.6 Å². The topological polar surface area (TPSA) is 47.3 Å². The SMILES string of the molecule is CC(C)n1nccc1C(O)c1ccc(OCc2ccccc2)cc1. The van der Waals surface area contributed by atoms with Gasteiger partial charge in [-0.05, 0) is 43.2 Å². The molecular weight excluding hydrogens is 300 g/mol. The van der Waals surface area contributed by atoms with Crippen LogP contribution in [0.25, 0.3) is 0 Å². The highest BCUT2D eigenvalue weighted by Crippen LogP contribution is 2.25. The molecule has 0 aliphatic rings. The maximum absolute atomic E-state index is 10.6. The van der Waals surface area contributed by atoms with Crippen molar-refractivity contribution in [3.05, 3.63) is 83.7 Å². The van der Waals surface area contributed by atoms with Crippen LogP contribution in [-0.4, -0.2) is 14.9 Å². The number of aliphatic hydroxyl groups excluding tert-OH is 1. The Bertz CT molecular complexity index is 764. The third-order valence-electron chi connectivity index (χ3n) is 3.91. The van der Waals surface area contributed by atoms with E-state index in [1.54, 1.807) is 6.20 Å². The Morgan fingerprint density at radius 2 is 1.71 bits per heavy atom. The molecule has 4 heteroatoms. The first-order valence-corrected chi connectivity index (χ1v) is 8.13. The molecule has 0 amide bonds. The monoisotopic (exact) mass is 322 g/mol. The minimum absolute atomic E-state index is 0.207. The number of hydrogen-bond acceptors (Lipinski definition) is 3. The second-order valence-electron chi connectivity index (χ2n) is 6.04. The number of nitrogens with zero attached hydrogens (tertiary/aromatic N) is 2. The molecule has 1 N–H and O–H groups in total. The highest BCUT2D eigenvalue weighted by atomic mass is 16.5. The van der Waals surface area contributed by atoms with Crippen molar-refractivity contribution < 1.29 is 9.84 Å². The average Bonchev–Trinajstić information content (AvgIpc) is 3.11. The van der Waals surface area contributed by atoms with Gasteiger partial charge in [-0.3, -0.25) is 4.68 Å². The van der Waals surface area contributed by atoms with Crippen LogP contribution in [0, 0.1) is 0 Å². The Labute approximate surface area is 142 Å². The van der Waals surface area contributed by atoms with Crippen LogP contribution in [0.3, 0.4) is 0 Å². The first-order valence-electron chi connectivity index (χ1n) is 8.13. The standard InChI is InChI=1S/C20H22N2O2/c1-15(2)22-19(12-13-21-22)20(23)17-8-10-18(11-9-17)24-14-16-6-4-3-5-7-16/h3-13,15,20,23H,14H2,1-2H3. The van der Waals surface area contributed by atoms with Gasteiger partial charge in [-0.25, -0.2) is 0 Å². The molecule has 1 atom stereocenters. The van der Waals surface area contributed by atoms with Gasteiger partial charge in [0.2, 0.25) is 0 Å². The summed E-state index contributed by atoms with van der Waals surface area (Å²) in [5, 5.41) is 14.9. The molecule has 124 valence electrons. The Balaban J connectivity index is 1.68. The normalized spacial score (nSPS) is 12.3. The summed E-state index contributed by atoms with van der Waals surface area (Å²) in [6.07, 6.45) is 1.02. The lowest BCUT2D eigenvalue weighted by molar-refractivity contribution is 0.205. The van der Waals surface area contributed by atoms with Crippen LogP contribution in [0.5, 0.6) is 5.75 Å². The fourth-order valence-electron chi connectivity index (χ4n) is 2.63. The van der Waals surface area contributed by atoms with Crippen molar-refractivity contribution in [1.82, 2.24) is 9.78 Å². The smallest absolute Gasteiger partial charge is 0.121 e. The van der Waals surface area contributed by atoms with Crippen molar-refractivity contribution in [3.8, 4) is 5.75 Å². The predicted molar refractivity (Wildman–Crippen MR) is 93.9 cm³/mol. The minimum Gasteiger partial charge on any atom is -0.489 e. The second-order valence-corrected chi connectivity index (χ2v) is 6.04. The van der Waals surface area contributed by atoms with Gasteiger partial charge in [0.25, 0.3) is 0 Å². The number of hydrogen-bond donors (Lipinski definition) is 1. The lowest BCUT2D eigenvalue weighted by atomic mass is 10.1. The van der Waals surface area contributed by atoms with E-state index in [1.165, 1.54) is 0 Å². The van der Waals surface area contributed by atoms with E-state index in [1.807, 2.05) is 79.2 Å². The number of ether oxygens (including phenoxy) is 1. The molecule has 0 aliphatic heterocycles. The molecule has 0 aliphatic carbocycles. The van der Waals surface area contributed by atoms with Crippen molar-refractivity contribution in [2.75, 3.05) is 0 Å². The summed E-state index contributed by atoms with van der Waals surface area (Å²) in [4.78, 5) is 0. The Hall–Kier alpha value is -2.59. The zero-order valence-corrected chi connectivity index (χ0v) is 14.0. The maximum atomic E-state index is 10.6. The summed E-state index contributed by atoms with van der Waals surface area (Å²) >= 11 is 0. The molecule has 3 aromatic rings. The van der Waals surface area contributed by atoms with E-state index in [4.69, 9.17) is 4.74 Å². The third kappa shape index (κ3) is 3.66. The van der Waals surface area contributed by atoms with Gasteiger partial charge in [0, 0.05) is 12.2 Å². The summed E-state index contributed by atoms with van der Waals surface area (Å²) in [6, 6.07) is 19.7. The van der Waals surface area contributed by atoms with Gasteiger partial charge in [-0.1, -0.05) is 42.5 Å². The van der Waals surface area contributed by atoms with Crippen LogP contribution in [-0.2, 0) is 6.61 Å². The first kappa shape index (κ1) is 16.3. The molecule has 4 nitrogen and oxygen atoms in total. The van der Waals surface area contributed by atoms with Gasteiger partial charge in [0.1, 0.15) is 18.5 Å². The van der Waals surface area contributed by atoms with Gasteiger partial charge >= 0.3 is 0 Å². The van der Waals surface area contributed by atoms with Crippen molar-refractivity contribution in [2.45, 2.75) is 32.6 Å². The summed E-state index contributed by atoms with van der Waals surface area (Å²) < 4.78 is 7.62. The summed E-state index contributed by atoms with van der Waals surface area (Å²) in [5.74, 6) is 0.784. The fourth-order valence-corrected chi connectivity index (χ4v) is 2.63. The molecule has 1 aromatic heterocycles. The van der Waals surface area contributed by atoms with Crippen LogP contribution in [0.4, 0.5) is 0 Å². The van der Waals surface area contributed by atoms with Gasteiger partial charge in [0.15, 0.2) is 0 Å². The molecule has 1 heterocycles. The molecule has 1 unspecified atom stereocenters. The molecule has 3 rings (SSSR count). The van der Waals surface area contributed by atoms with Crippen LogP contribution in [0.2, 0.25) is 0 Å². The lowest BCUT2D eigenvalue weighted by Gasteiger charge is -2.16. The molecule has 2 aromatic carbocycles. The highest BCUT2D eigenvalue weighted by molar-refractivity contribution is 5.32. The molecule has 0 fully saturated rings. The lowest BCUT2D eigenvalue weighted by Crippen LogP contribution is -2.12. The minimum atomic E-state index is -0.696. The zero-order valence-electron chi connectivity index (χ0n) is 14.0. The maximum Gasteiger partial charge on any atom is 0.121 e. The van der Waals surface area contributed by atoms with Crippen molar-refractivity contribution >= 4 is 0 Å². The molecular formula is C20H22N2O2. The summed E-state index contributed by atoms with van der Waals surface area (Å²) in [5.41, 5.74) is 2.75. The predicted octanol–water partition coefficient (Wildman–Crippen LogP) is 4.12. The Kier molecular flexibility index (Phi) is 4.96. The fraction of sp³-hybridized carbons (Fsp3) is 0.250. The molecule has 0 radical (unpaired) electrons. The van der Waals surface area contributed by atoms with Crippen LogP contribution >= 0.6 is 0 Å². The van der Waals surface area contributed by atoms with Gasteiger partial charge in [-0.2, -0.15) is 5.10 Å². The highest BCUT2D eigenvalue weighted by Gasteiger charge is 2.16. The van der Waals surface area contributed by atoms with E-state index in [0.29, 0.717) is 6.61 Å². The van der Waals surface area contributed by atoms with Crippen LogP contribution in [0.15, 0.2) is 66.9 Å². The van der Waals surface area contributed by atoms with Crippen molar-refractivity contribution in [3.63, 3.8) is 0 Å². The Morgan fingerprint density at radius 3 is 2.38 bits per heavy atom. The molecule has 0 bridgehead atoms. The van der Waals surface area contributed by atoms with Gasteiger partial charge < -0.3 is 9.84 Å². The number of benzene rings is 2. The van der Waals surface area contributed by atoms with Crippen molar-refractivity contribution in [1.29, 1.82) is 0 Å². The quantitative estimate of drug-likeness (QED) is 0.742. The molecule has 0 saturated carbocycles. The van der Waals surface area contributed by atoms with Crippen LogP contribution in [0.1, 0.15) is 42.8 Å². The van der Waals surface area contributed by atoms with Gasteiger partial charge in [0.05, 0.1) is 5.69 Å². The second kappa shape index (κ2) is 7.32. The van der Waals surface area contributed by atoms with Crippen LogP contribution < -0.4 is 4.74 Å². The first-order chi connectivity index (χ1) is 11.6. The summed E-state index contributed by atoms with van der Waals surface area (Å²) in [6.45, 7) is 4.62. The third-order valence-corrected chi connectivity index (χ3v) is 3.91.